The quantitative estimate of drug-likeness (QED) is 0.644. The van der Waals surface area contributed by atoms with Crippen LogP contribution in [0.2, 0.25) is 0 Å². The summed E-state index contributed by atoms with van der Waals surface area (Å²) in [5, 5.41) is 3.50. The Balaban J connectivity index is 1.98. The molecule has 2 atom stereocenters. The van der Waals surface area contributed by atoms with Gasteiger partial charge in [-0.2, -0.15) is 0 Å². The largest absolute Gasteiger partial charge is 0.309 e. The first-order valence-corrected chi connectivity index (χ1v) is 5.67. The molecule has 3 rings (SSSR count). The van der Waals surface area contributed by atoms with E-state index in [0.717, 1.165) is 6.54 Å². The first-order valence-electron chi connectivity index (χ1n) is 5.67. The second-order valence-corrected chi connectivity index (χ2v) is 4.22. The van der Waals surface area contributed by atoms with Gasteiger partial charge >= 0.3 is 0 Å². The number of hydrogen-bond acceptors (Lipinski definition) is 3. The van der Waals surface area contributed by atoms with E-state index < -0.39 is 0 Å². The highest BCUT2D eigenvalue weighted by Crippen LogP contribution is 2.18. The molecule has 0 aliphatic carbocycles. The fraction of sp³-hybridized carbons (Fsp3) is 0.818. The zero-order valence-electron chi connectivity index (χ0n) is 9.08. The number of fused-ring (bicyclic) bond motifs is 3. The fourth-order valence-corrected chi connectivity index (χ4v) is 2.61. The molecule has 3 aliphatic heterocycles. The van der Waals surface area contributed by atoms with Crippen LogP contribution in [-0.2, 0) is 0 Å². The van der Waals surface area contributed by atoms with Crippen molar-refractivity contribution < 1.29 is 0 Å². The first-order chi connectivity index (χ1) is 6.85. The van der Waals surface area contributed by atoms with E-state index in [4.69, 9.17) is 0 Å². The van der Waals surface area contributed by atoms with E-state index in [0.29, 0.717) is 12.1 Å². The van der Waals surface area contributed by atoms with Crippen molar-refractivity contribution in [3.63, 3.8) is 0 Å². The van der Waals surface area contributed by atoms with Gasteiger partial charge in [0.15, 0.2) is 0 Å². The van der Waals surface area contributed by atoms with Gasteiger partial charge in [-0.25, -0.2) is 0 Å². The molecule has 0 saturated carbocycles. The Hall–Kier alpha value is -0.380. The number of rotatable bonds is 4. The van der Waals surface area contributed by atoms with Crippen LogP contribution in [0.25, 0.3) is 0 Å². The molecule has 3 fully saturated rings. The van der Waals surface area contributed by atoms with E-state index in [2.05, 4.69) is 34.7 Å². The van der Waals surface area contributed by atoms with Crippen LogP contribution in [0.5, 0.6) is 0 Å². The van der Waals surface area contributed by atoms with Gasteiger partial charge in [-0.1, -0.05) is 13.0 Å². The molecule has 1 N–H and O–H groups in total. The summed E-state index contributed by atoms with van der Waals surface area (Å²) in [5.41, 5.74) is 0. The molecule has 80 valence electrons. The van der Waals surface area contributed by atoms with Crippen molar-refractivity contribution in [1.29, 1.82) is 0 Å². The third-order valence-electron chi connectivity index (χ3n) is 3.43. The van der Waals surface area contributed by atoms with Crippen molar-refractivity contribution in [2.24, 2.45) is 0 Å². The molecule has 3 saturated heterocycles. The van der Waals surface area contributed by atoms with Gasteiger partial charge < -0.3 is 5.32 Å². The van der Waals surface area contributed by atoms with E-state index in [1.54, 1.807) is 0 Å². The van der Waals surface area contributed by atoms with Gasteiger partial charge in [0.25, 0.3) is 0 Å². The summed E-state index contributed by atoms with van der Waals surface area (Å²) in [6, 6.07) is 1.11. The summed E-state index contributed by atoms with van der Waals surface area (Å²) in [6.45, 7) is 13.3. The molecule has 2 unspecified atom stereocenters. The summed E-state index contributed by atoms with van der Waals surface area (Å²) in [4.78, 5) is 5.17. The maximum absolute atomic E-state index is 3.93. The molecule has 2 bridgehead atoms. The average Bonchev–Trinajstić information content (AvgIpc) is 2.27. The van der Waals surface area contributed by atoms with Crippen molar-refractivity contribution in [3.05, 3.63) is 12.7 Å². The van der Waals surface area contributed by atoms with Crippen LogP contribution in [0, 0.1) is 0 Å². The Kier molecular flexibility index (Phi) is 3.21. The van der Waals surface area contributed by atoms with Gasteiger partial charge in [0.2, 0.25) is 0 Å². The number of hydrogen-bond donors (Lipinski definition) is 1. The summed E-state index contributed by atoms with van der Waals surface area (Å²) < 4.78 is 0. The maximum Gasteiger partial charge on any atom is 0.0417 e. The molecular weight excluding hydrogens is 174 g/mol. The van der Waals surface area contributed by atoms with Crippen molar-refractivity contribution >= 4 is 0 Å². The summed E-state index contributed by atoms with van der Waals surface area (Å²) >= 11 is 0. The molecule has 14 heavy (non-hydrogen) atoms. The van der Waals surface area contributed by atoms with Crippen molar-refractivity contribution in [2.45, 2.75) is 19.0 Å². The molecule has 0 amide bonds. The van der Waals surface area contributed by atoms with Gasteiger partial charge in [0.05, 0.1) is 0 Å². The van der Waals surface area contributed by atoms with Gasteiger partial charge in [-0.3, -0.25) is 9.80 Å². The Labute approximate surface area is 86.8 Å². The highest BCUT2D eigenvalue weighted by Gasteiger charge is 2.35. The lowest BCUT2D eigenvalue weighted by atomic mass is 10.0. The monoisotopic (exact) mass is 195 g/mol. The van der Waals surface area contributed by atoms with Gasteiger partial charge in [-0.15, -0.1) is 6.58 Å². The number of nitrogens with one attached hydrogen (secondary N) is 1. The number of likely N-dealkylation sites (N-methyl/N-ethyl adjacent to an activating group) is 1. The third kappa shape index (κ3) is 1.85. The van der Waals surface area contributed by atoms with Gasteiger partial charge in [0.1, 0.15) is 0 Å². The highest BCUT2D eigenvalue weighted by atomic mass is 15.4. The molecule has 3 nitrogen and oxygen atoms in total. The van der Waals surface area contributed by atoms with E-state index in [9.17, 15) is 0 Å². The normalized spacial score (nSPS) is 38.2. The minimum Gasteiger partial charge on any atom is -0.309 e. The Morgan fingerprint density at radius 2 is 2.14 bits per heavy atom. The van der Waals surface area contributed by atoms with Crippen LogP contribution < -0.4 is 5.32 Å². The zero-order chi connectivity index (χ0) is 9.97. The lowest BCUT2D eigenvalue weighted by molar-refractivity contribution is 0.00394. The molecule has 3 heterocycles. The van der Waals surface area contributed by atoms with Crippen LogP contribution in [0.3, 0.4) is 0 Å². The predicted molar refractivity (Wildman–Crippen MR) is 59.5 cm³/mol. The number of piperazine rings is 3. The van der Waals surface area contributed by atoms with Crippen molar-refractivity contribution in [3.8, 4) is 0 Å². The van der Waals surface area contributed by atoms with Gasteiger partial charge in [-0.05, 0) is 6.54 Å². The number of nitrogens with zero attached hydrogens (tertiary/aromatic N) is 2. The van der Waals surface area contributed by atoms with Crippen LogP contribution in [0.1, 0.15) is 6.92 Å². The van der Waals surface area contributed by atoms with E-state index >= 15 is 0 Å². The smallest absolute Gasteiger partial charge is 0.0417 e. The zero-order valence-corrected chi connectivity index (χ0v) is 9.08. The summed E-state index contributed by atoms with van der Waals surface area (Å²) in [7, 11) is 0. The minimum atomic E-state index is 0.461. The second kappa shape index (κ2) is 4.43. The topological polar surface area (TPSA) is 18.5 Å². The predicted octanol–water partition coefficient (Wildman–Crippen LogP) is 0.150. The standard InChI is InChI=1S/C11H21N3/c1-3-10(12-4-2)11-9-13-5-7-14(11)8-6-13/h3,10-12H,1,4-9H2,2H3. The molecule has 0 aromatic rings. The van der Waals surface area contributed by atoms with E-state index in [1.165, 1.54) is 32.7 Å². The van der Waals surface area contributed by atoms with Crippen LogP contribution in [0.15, 0.2) is 12.7 Å². The maximum atomic E-state index is 3.93. The summed E-state index contributed by atoms with van der Waals surface area (Å²) in [6.07, 6.45) is 2.07. The third-order valence-corrected chi connectivity index (χ3v) is 3.43. The van der Waals surface area contributed by atoms with E-state index in [-0.39, 0.29) is 0 Å². The Bertz CT molecular complexity index is 197. The Morgan fingerprint density at radius 1 is 1.43 bits per heavy atom. The first kappa shape index (κ1) is 10.1. The molecule has 0 aromatic carbocycles. The summed E-state index contributed by atoms with van der Waals surface area (Å²) in [5.74, 6) is 0. The molecule has 3 aliphatic rings. The average molecular weight is 195 g/mol. The Morgan fingerprint density at radius 3 is 2.57 bits per heavy atom. The van der Waals surface area contributed by atoms with Crippen LogP contribution in [-0.4, -0.2) is 61.2 Å². The SMILES string of the molecule is C=CC(NCC)C1CN2CCN1CC2. The molecular formula is C11H21N3. The second-order valence-electron chi connectivity index (χ2n) is 4.22. The molecule has 0 radical (unpaired) electrons. The lowest BCUT2D eigenvalue weighted by Crippen LogP contribution is -2.65. The van der Waals surface area contributed by atoms with Crippen LogP contribution in [0.4, 0.5) is 0 Å². The van der Waals surface area contributed by atoms with E-state index in [1.807, 2.05) is 0 Å². The fourth-order valence-electron chi connectivity index (χ4n) is 2.61. The van der Waals surface area contributed by atoms with Crippen molar-refractivity contribution in [2.75, 3.05) is 39.3 Å². The van der Waals surface area contributed by atoms with Crippen molar-refractivity contribution in [1.82, 2.24) is 15.1 Å². The van der Waals surface area contributed by atoms with Crippen LogP contribution >= 0.6 is 0 Å². The molecule has 0 spiro atoms. The highest BCUT2D eigenvalue weighted by molar-refractivity contribution is 5.01. The minimum absolute atomic E-state index is 0.461. The molecule has 0 aromatic heterocycles. The van der Waals surface area contributed by atoms with Gasteiger partial charge in [0, 0.05) is 44.8 Å². The lowest BCUT2D eigenvalue weighted by Gasteiger charge is -2.49. The molecule has 3 heteroatoms.